The zero-order valence-corrected chi connectivity index (χ0v) is 17.1. The van der Waals surface area contributed by atoms with Crippen molar-refractivity contribution in [3.63, 3.8) is 0 Å². The number of carboxylic acids is 1. The van der Waals surface area contributed by atoms with Gasteiger partial charge in [-0.2, -0.15) is 0 Å². The molecule has 0 aromatic rings. The normalized spacial score (nSPS) is 17.3. The van der Waals surface area contributed by atoms with Crippen molar-refractivity contribution in [3.05, 3.63) is 0 Å². The van der Waals surface area contributed by atoms with Gasteiger partial charge >= 0.3 is 5.97 Å². The van der Waals surface area contributed by atoms with Gasteiger partial charge in [-0.25, -0.2) is 4.79 Å². The van der Waals surface area contributed by atoms with Crippen LogP contribution in [0.4, 0.5) is 0 Å². The molecule has 11 N–H and O–H groups in total. The molecule has 1 heterocycles. The van der Waals surface area contributed by atoms with Crippen molar-refractivity contribution in [2.45, 2.75) is 50.2 Å². The third-order valence-corrected chi connectivity index (χ3v) is 4.65. The molecular weight excluding hydrogens is 412 g/mol. The Hall–Kier alpha value is -3.42. The van der Waals surface area contributed by atoms with Crippen molar-refractivity contribution in [3.8, 4) is 0 Å². The van der Waals surface area contributed by atoms with Gasteiger partial charge in [-0.15, -0.1) is 0 Å². The first-order valence-corrected chi connectivity index (χ1v) is 9.73. The molecule has 3 atom stereocenters. The maximum absolute atomic E-state index is 12.6. The number of rotatable bonds is 12. The third kappa shape index (κ3) is 8.46. The molecule has 1 rings (SSSR count). The second kappa shape index (κ2) is 12.3. The molecule has 0 saturated carbocycles. The van der Waals surface area contributed by atoms with E-state index in [1.807, 2.05) is 0 Å². The van der Waals surface area contributed by atoms with Gasteiger partial charge in [0.05, 0.1) is 13.0 Å². The van der Waals surface area contributed by atoms with E-state index < -0.39 is 54.1 Å². The van der Waals surface area contributed by atoms with E-state index in [0.29, 0.717) is 19.4 Å². The van der Waals surface area contributed by atoms with Crippen molar-refractivity contribution >= 4 is 35.6 Å². The van der Waals surface area contributed by atoms with Gasteiger partial charge in [-0.3, -0.25) is 24.2 Å². The minimum Gasteiger partial charge on any atom is -0.480 e. The fraction of sp³-hybridized carbons (Fsp3) is 0.647. The maximum Gasteiger partial charge on any atom is 0.326 e. The molecule has 14 heteroatoms. The zero-order chi connectivity index (χ0) is 23.6. The molecular formula is C17H30N8O6. The lowest BCUT2D eigenvalue weighted by molar-refractivity contribution is -0.143. The molecule has 0 spiro atoms. The quantitative estimate of drug-likeness (QED) is 0.0880. The lowest BCUT2D eigenvalue weighted by Gasteiger charge is -2.26. The minimum absolute atomic E-state index is 0.0104. The average Bonchev–Trinajstić information content (AvgIpc) is 3.18. The number of aliphatic carboxylic acids is 1. The lowest BCUT2D eigenvalue weighted by atomic mass is 10.1. The number of likely N-dealkylation sites (tertiary alicyclic amines) is 1. The number of nitrogens with zero attached hydrogens (tertiary/aromatic N) is 2. The van der Waals surface area contributed by atoms with E-state index in [1.165, 1.54) is 4.90 Å². The molecule has 0 aromatic heterocycles. The maximum atomic E-state index is 12.6. The number of hydrogen-bond donors (Lipinski definition) is 7. The Kier molecular flexibility index (Phi) is 10.2. The molecule has 14 nitrogen and oxygen atoms in total. The molecule has 4 amide bonds. The number of carbonyl (C=O) groups is 5. The van der Waals surface area contributed by atoms with Crippen molar-refractivity contribution in [2.24, 2.45) is 27.9 Å². The van der Waals surface area contributed by atoms with Gasteiger partial charge in [0.1, 0.15) is 18.1 Å². The summed E-state index contributed by atoms with van der Waals surface area (Å²) in [6.45, 7) is 0.239. The summed E-state index contributed by atoms with van der Waals surface area (Å²) in [5, 5.41) is 14.0. The van der Waals surface area contributed by atoms with E-state index in [2.05, 4.69) is 15.6 Å². The van der Waals surface area contributed by atoms with Gasteiger partial charge in [-0.05, 0) is 25.7 Å². The van der Waals surface area contributed by atoms with Crippen molar-refractivity contribution in [1.82, 2.24) is 15.5 Å². The number of nitrogens with two attached hydrogens (primary N) is 4. The Balaban J connectivity index is 2.82. The highest BCUT2D eigenvalue weighted by Crippen LogP contribution is 2.17. The Labute approximate surface area is 178 Å². The number of hydrogen-bond acceptors (Lipinski definition) is 7. The van der Waals surface area contributed by atoms with Crippen LogP contribution in [0.15, 0.2) is 4.99 Å². The van der Waals surface area contributed by atoms with E-state index >= 15 is 0 Å². The van der Waals surface area contributed by atoms with Crippen LogP contribution in [0, 0.1) is 0 Å². The summed E-state index contributed by atoms with van der Waals surface area (Å²) in [7, 11) is 0. The smallest absolute Gasteiger partial charge is 0.326 e. The van der Waals surface area contributed by atoms with Gasteiger partial charge < -0.3 is 43.6 Å². The van der Waals surface area contributed by atoms with Gasteiger partial charge in [0.15, 0.2) is 5.96 Å². The highest BCUT2D eigenvalue weighted by atomic mass is 16.4. The molecule has 174 valence electrons. The first-order chi connectivity index (χ1) is 14.6. The summed E-state index contributed by atoms with van der Waals surface area (Å²) in [6.07, 6.45) is 0.671. The fourth-order valence-corrected chi connectivity index (χ4v) is 3.17. The van der Waals surface area contributed by atoms with E-state index in [-0.39, 0.29) is 31.9 Å². The summed E-state index contributed by atoms with van der Waals surface area (Å²) in [4.78, 5) is 65.0. The summed E-state index contributed by atoms with van der Waals surface area (Å²) >= 11 is 0. The van der Waals surface area contributed by atoms with Crippen LogP contribution in [0.1, 0.15) is 32.1 Å². The number of primary amides is 1. The molecule has 0 bridgehead atoms. The minimum atomic E-state index is -1.40. The van der Waals surface area contributed by atoms with Crippen molar-refractivity contribution in [2.75, 3.05) is 19.6 Å². The molecule has 3 unspecified atom stereocenters. The molecule has 31 heavy (non-hydrogen) atoms. The first kappa shape index (κ1) is 25.6. The summed E-state index contributed by atoms with van der Waals surface area (Å²) in [5.74, 6) is -4.29. The van der Waals surface area contributed by atoms with E-state index in [1.54, 1.807) is 0 Å². The number of carbonyl (C=O) groups excluding carboxylic acids is 4. The zero-order valence-electron chi connectivity index (χ0n) is 17.1. The molecule has 1 aliphatic rings. The lowest BCUT2D eigenvalue weighted by Crippen LogP contribution is -2.56. The monoisotopic (exact) mass is 442 g/mol. The van der Waals surface area contributed by atoms with Crippen LogP contribution < -0.4 is 33.6 Å². The Morgan fingerprint density at radius 2 is 1.77 bits per heavy atom. The van der Waals surface area contributed by atoms with Crippen LogP contribution in [0.3, 0.4) is 0 Å². The number of aliphatic imine (C=N–C) groups is 1. The molecule has 1 saturated heterocycles. The van der Waals surface area contributed by atoms with E-state index in [9.17, 15) is 29.1 Å². The largest absolute Gasteiger partial charge is 0.480 e. The van der Waals surface area contributed by atoms with Gasteiger partial charge in [0.2, 0.25) is 23.6 Å². The van der Waals surface area contributed by atoms with E-state index in [0.717, 1.165) is 0 Å². The molecule has 0 radical (unpaired) electrons. The molecule has 1 aliphatic heterocycles. The van der Waals surface area contributed by atoms with Crippen LogP contribution in [-0.4, -0.2) is 83.3 Å². The van der Waals surface area contributed by atoms with Crippen molar-refractivity contribution < 1.29 is 29.1 Å². The number of carboxylic acid groups (broad SMARTS) is 1. The first-order valence-electron chi connectivity index (χ1n) is 9.73. The molecule has 0 aliphatic carbocycles. The second-order valence-corrected chi connectivity index (χ2v) is 7.03. The number of guanidine groups is 1. The summed E-state index contributed by atoms with van der Waals surface area (Å²) < 4.78 is 0. The highest BCUT2D eigenvalue weighted by Gasteiger charge is 2.36. The topological polar surface area (TPSA) is 249 Å². The van der Waals surface area contributed by atoms with Crippen LogP contribution >= 0.6 is 0 Å². The number of amides is 4. The fourth-order valence-electron chi connectivity index (χ4n) is 3.17. The molecule has 1 fully saturated rings. The van der Waals surface area contributed by atoms with Crippen LogP contribution in [0.5, 0.6) is 0 Å². The third-order valence-electron chi connectivity index (χ3n) is 4.65. The molecule has 0 aromatic carbocycles. The predicted octanol–water partition coefficient (Wildman–Crippen LogP) is -4.08. The highest BCUT2D eigenvalue weighted by molar-refractivity contribution is 5.96. The van der Waals surface area contributed by atoms with Crippen molar-refractivity contribution in [1.29, 1.82) is 0 Å². The summed E-state index contributed by atoms with van der Waals surface area (Å²) in [6, 6.07) is -3.54. The van der Waals surface area contributed by atoms with E-state index in [4.69, 9.17) is 22.9 Å². The summed E-state index contributed by atoms with van der Waals surface area (Å²) in [5.41, 5.74) is 20.9. The average molecular weight is 442 g/mol. The van der Waals surface area contributed by atoms with Gasteiger partial charge in [-0.1, -0.05) is 0 Å². The number of nitrogens with one attached hydrogen (secondary N) is 2. The Morgan fingerprint density at radius 3 is 2.32 bits per heavy atom. The van der Waals surface area contributed by atoms with Crippen LogP contribution in [-0.2, 0) is 24.0 Å². The van der Waals surface area contributed by atoms with Gasteiger partial charge in [0.25, 0.3) is 0 Å². The second-order valence-electron chi connectivity index (χ2n) is 7.03. The predicted molar refractivity (Wildman–Crippen MR) is 109 cm³/mol. The van der Waals surface area contributed by atoms with Crippen LogP contribution in [0.2, 0.25) is 0 Å². The van der Waals surface area contributed by atoms with Gasteiger partial charge in [0, 0.05) is 13.1 Å². The standard InChI is InChI=1S/C17H30N8O6/c18-8-13(27)25-6-2-4-11(25)15(29)24-10(7-12(19)26)14(28)23-9(16(30)31)3-1-5-22-17(20)21/h9-11H,1-8,18H2,(H2,19,26)(H,23,28)(H,24,29)(H,30,31)(H4,20,21,22). The van der Waals surface area contributed by atoms with Crippen LogP contribution in [0.25, 0.3) is 0 Å². The Morgan fingerprint density at radius 1 is 1.10 bits per heavy atom. The Bertz CT molecular complexity index is 723. The SMILES string of the molecule is NCC(=O)N1CCCC1C(=O)NC(CC(N)=O)C(=O)NC(CCCN=C(N)N)C(=O)O.